The van der Waals surface area contributed by atoms with Crippen molar-refractivity contribution in [2.45, 2.75) is 125 Å². The summed E-state index contributed by atoms with van der Waals surface area (Å²) in [6.07, 6.45) is -2.56. The predicted molar refractivity (Wildman–Crippen MR) is 141 cm³/mol. The number of hydrogen-bond acceptors (Lipinski definition) is 11. The van der Waals surface area contributed by atoms with Gasteiger partial charge in [0, 0.05) is 30.2 Å². The molecule has 2 heterocycles. The SMILES string of the molecule is C[C@@H]1O[C@@H](O[C@H]2CC[C@]3(C=O)[C@H]4CC[C@]5(C)[C@@H](c6ccc(=O)oc6)[C@@H](O)C[C@]5(O)[C@@H]4CC[C@]3(O)C2)[C@H](O)[C@H](O)[C@H]1O. The molecule has 1 saturated heterocycles. The molecule has 11 heteroatoms. The van der Waals surface area contributed by atoms with Gasteiger partial charge in [-0.25, -0.2) is 4.79 Å². The molecule has 5 aliphatic rings. The van der Waals surface area contributed by atoms with Crippen LogP contribution in [0.25, 0.3) is 0 Å². The third-order valence-corrected chi connectivity index (χ3v) is 11.9. The van der Waals surface area contributed by atoms with Crippen molar-refractivity contribution in [2.75, 3.05) is 0 Å². The first-order valence-corrected chi connectivity index (χ1v) is 14.8. The summed E-state index contributed by atoms with van der Waals surface area (Å²) in [6, 6.07) is 2.96. The van der Waals surface area contributed by atoms with Gasteiger partial charge in [0.25, 0.3) is 0 Å². The maximum Gasteiger partial charge on any atom is 0.335 e. The van der Waals surface area contributed by atoms with E-state index in [1.165, 1.54) is 12.3 Å². The van der Waals surface area contributed by atoms with Gasteiger partial charge in [0.1, 0.15) is 24.6 Å². The number of carbonyl (C=O) groups is 1. The monoisotopic (exact) mass is 578 g/mol. The summed E-state index contributed by atoms with van der Waals surface area (Å²) < 4.78 is 16.7. The first-order valence-electron chi connectivity index (χ1n) is 14.8. The topological polar surface area (TPSA) is 187 Å². The molecule has 14 atom stereocenters. The highest BCUT2D eigenvalue weighted by Crippen LogP contribution is 2.71. The molecule has 0 spiro atoms. The van der Waals surface area contributed by atoms with Crippen molar-refractivity contribution in [3.63, 3.8) is 0 Å². The lowest BCUT2D eigenvalue weighted by molar-refractivity contribution is -0.317. The van der Waals surface area contributed by atoms with Crippen molar-refractivity contribution in [3.05, 3.63) is 34.4 Å². The lowest BCUT2D eigenvalue weighted by Crippen LogP contribution is -2.69. The Kier molecular flexibility index (Phi) is 7.11. The standard InChI is InChI=1S/C30H42O11/c1-15-23(34)24(35)25(36)26(40-15)41-17-5-9-28(14-31)18-6-8-27(2)22(16-3-4-21(33)39-13-16)20(32)12-30(27,38)19(18)7-10-29(28,37)11-17/h3-4,13-15,17-20,22-26,32,34-38H,5-12H2,1-2H3/t15-,17-,18-,19+,20-,22-,23-,24+,25+,26-,27+,28-,29-,30-/m0/s1. The minimum atomic E-state index is -1.46. The van der Waals surface area contributed by atoms with Crippen LogP contribution in [0.3, 0.4) is 0 Å². The van der Waals surface area contributed by atoms with Gasteiger partial charge in [-0.3, -0.25) is 0 Å². The molecular formula is C30H42O11. The Balaban J connectivity index is 1.25. The van der Waals surface area contributed by atoms with Crippen molar-refractivity contribution in [1.82, 2.24) is 0 Å². The zero-order valence-corrected chi connectivity index (χ0v) is 23.5. The molecule has 1 aromatic rings. The van der Waals surface area contributed by atoms with E-state index in [-0.39, 0.29) is 31.1 Å². The number of aldehydes is 1. The van der Waals surface area contributed by atoms with Crippen LogP contribution < -0.4 is 5.63 Å². The van der Waals surface area contributed by atoms with Crippen molar-refractivity contribution < 1.29 is 49.3 Å². The molecule has 6 N–H and O–H groups in total. The van der Waals surface area contributed by atoms with E-state index in [0.29, 0.717) is 37.7 Å². The van der Waals surface area contributed by atoms with E-state index >= 15 is 0 Å². The van der Waals surface area contributed by atoms with Crippen LogP contribution in [-0.2, 0) is 14.3 Å². The Morgan fingerprint density at radius 3 is 2.37 bits per heavy atom. The maximum absolute atomic E-state index is 13.0. The molecule has 0 bridgehead atoms. The van der Waals surface area contributed by atoms with E-state index in [4.69, 9.17) is 13.9 Å². The Hall–Kier alpha value is -1.70. The van der Waals surface area contributed by atoms with E-state index in [0.717, 1.165) is 6.29 Å². The molecule has 0 aromatic carbocycles. The second-order valence-corrected chi connectivity index (χ2v) is 13.6. The normalized spacial score (nSPS) is 53.2. The summed E-state index contributed by atoms with van der Waals surface area (Å²) in [4.78, 5) is 24.6. The largest absolute Gasteiger partial charge is 0.431 e. The lowest BCUT2D eigenvalue weighted by Gasteiger charge is -2.65. The van der Waals surface area contributed by atoms with Crippen molar-refractivity contribution in [1.29, 1.82) is 0 Å². The fourth-order valence-corrected chi connectivity index (χ4v) is 9.74. The first kappa shape index (κ1) is 29.4. The summed E-state index contributed by atoms with van der Waals surface area (Å²) in [7, 11) is 0. The van der Waals surface area contributed by atoms with Crippen LogP contribution in [0.2, 0.25) is 0 Å². The van der Waals surface area contributed by atoms with Gasteiger partial charge in [0.05, 0.1) is 41.2 Å². The number of rotatable bonds is 4. The van der Waals surface area contributed by atoms with Gasteiger partial charge in [-0.1, -0.05) is 6.92 Å². The highest BCUT2D eigenvalue weighted by atomic mass is 16.7. The molecule has 0 amide bonds. The van der Waals surface area contributed by atoms with Crippen LogP contribution in [0.1, 0.15) is 76.7 Å². The Bertz CT molecular complexity index is 1200. The Morgan fingerprint density at radius 2 is 1.68 bits per heavy atom. The Labute approximate surface area is 238 Å². The molecule has 1 aliphatic heterocycles. The van der Waals surface area contributed by atoms with E-state index in [1.807, 2.05) is 6.92 Å². The number of aliphatic hydroxyl groups is 6. The van der Waals surface area contributed by atoms with Crippen LogP contribution in [0, 0.1) is 22.7 Å². The highest BCUT2D eigenvalue weighted by Gasteiger charge is 2.73. The van der Waals surface area contributed by atoms with Gasteiger partial charge >= 0.3 is 5.63 Å². The Morgan fingerprint density at radius 1 is 0.951 bits per heavy atom. The number of ether oxygens (including phenoxy) is 2. The maximum atomic E-state index is 13.0. The average molecular weight is 579 g/mol. The molecule has 5 fully saturated rings. The van der Waals surface area contributed by atoms with Crippen LogP contribution in [0.5, 0.6) is 0 Å². The molecule has 11 nitrogen and oxygen atoms in total. The second-order valence-electron chi connectivity index (χ2n) is 13.6. The summed E-state index contributed by atoms with van der Waals surface area (Å²) in [5, 5.41) is 66.4. The summed E-state index contributed by atoms with van der Waals surface area (Å²) in [6.45, 7) is 3.54. The number of hydrogen-bond donors (Lipinski definition) is 6. The zero-order chi connectivity index (χ0) is 29.5. The summed E-state index contributed by atoms with van der Waals surface area (Å²) in [5.41, 5.74) is -4.39. The van der Waals surface area contributed by atoms with Crippen molar-refractivity contribution >= 4 is 6.29 Å². The van der Waals surface area contributed by atoms with Crippen LogP contribution >= 0.6 is 0 Å². The molecule has 0 unspecified atom stereocenters. The molecular weight excluding hydrogens is 536 g/mol. The molecule has 228 valence electrons. The quantitative estimate of drug-likeness (QED) is 0.214. The zero-order valence-electron chi connectivity index (χ0n) is 23.5. The first-order chi connectivity index (χ1) is 19.3. The van der Waals surface area contributed by atoms with Crippen LogP contribution in [0.4, 0.5) is 0 Å². The molecule has 0 radical (unpaired) electrons. The minimum absolute atomic E-state index is 0.122. The van der Waals surface area contributed by atoms with Crippen molar-refractivity contribution in [2.24, 2.45) is 22.7 Å². The van der Waals surface area contributed by atoms with E-state index in [2.05, 4.69) is 0 Å². The molecule has 41 heavy (non-hydrogen) atoms. The molecule has 6 rings (SSSR count). The van der Waals surface area contributed by atoms with E-state index < -0.39 is 76.5 Å². The minimum Gasteiger partial charge on any atom is -0.431 e. The smallest absolute Gasteiger partial charge is 0.335 e. The van der Waals surface area contributed by atoms with Gasteiger partial charge in [0.15, 0.2) is 6.29 Å². The van der Waals surface area contributed by atoms with Crippen LogP contribution in [0.15, 0.2) is 27.6 Å². The number of carbonyl (C=O) groups excluding carboxylic acids is 1. The van der Waals surface area contributed by atoms with Gasteiger partial charge in [-0.15, -0.1) is 0 Å². The average Bonchev–Trinajstić information content (AvgIpc) is 3.15. The third kappa shape index (κ3) is 4.07. The lowest BCUT2D eigenvalue weighted by atomic mass is 9.41. The van der Waals surface area contributed by atoms with E-state index in [9.17, 15) is 40.2 Å². The van der Waals surface area contributed by atoms with Crippen LogP contribution in [-0.4, -0.2) is 91.0 Å². The van der Waals surface area contributed by atoms with E-state index in [1.54, 1.807) is 13.0 Å². The highest BCUT2D eigenvalue weighted by molar-refractivity contribution is 5.64. The fraction of sp³-hybridized carbons (Fsp3) is 0.800. The van der Waals surface area contributed by atoms with Gasteiger partial charge < -0.3 is 49.3 Å². The predicted octanol–water partition coefficient (Wildman–Crippen LogP) is 0.358. The van der Waals surface area contributed by atoms with Gasteiger partial charge in [-0.05, 0) is 68.9 Å². The fourth-order valence-electron chi connectivity index (χ4n) is 9.74. The third-order valence-electron chi connectivity index (χ3n) is 11.9. The van der Waals surface area contributed by atoms with Gasteiger partial charge in [0.2, 0.25) is 0 Å². The summed E-state index contributed by atoms with van der Waals surface area (Å²) in [5.74, 6) is -1.10. The van der Waals surface area contributed by atoms with Gasteiger partial charge in [-0.2, -0.15) is 0 Å². The number of fused-ring (bicyclic) bond motifs is 5. The molecule has 4 aliphatic carbocycles. The second kappa shape index (κ2) is 9.92. The van der Waals surface area contributed by atoms with Crippen molar-refractivity contribution in [3.8, 4) is 0 Å². The summed E-state index contributed by atoms with van der Waals surface area (Å²) >= 11 is 0. The molecule has 1 aromatic heterocycles. The number of aliphatic hydroxyl groups excluding tert-OH is 4. The molecule has 4 saturated carbocycles.